The Morgan fingerprint density at radius 3 is 2.46 bits per heavy atom. The number of carbonyl (C=O) groups is 1. The van der Waals surface area contributed by atoms with Crippen molar-refractivity contribution in [3.05, 3.63) is 35.9 Å². The number of esters is 1. The van der Waals surface area contributed by atoms with Gasteiger partial charge < -0.3 is 15.4 Å². The Hall–Kier alpha value is -2.04. The van der Waals surface area contributed by atoms with Crippen molar-refractivity contribution in [1.82, 2.24) is 10.6 Å². The van der Waals surface area contributed by atoms with Crippen molar-refractivity contribution in [2.45, 2.75) is 44.9 Å². The van der Waals surface area contributed by atoms with Gasteiger partial charge in [-0.1, -0.05) is 50.6 Å². The predicted molar refractivity (Wildman–Crippen MR) is 99.3 cm³/mol. The smallest absolute Gasteiger partial charge is 0.305 e. The van der Waals surface area contributed by atoms with E-state index in [0.717, 1.165) is 38.3 Å². The molecule has 0 bridgehead atoms. The Balaban J connectivity index is 2.27. The lowest BCUT2D eigenvalue weighted by molar-refractivity contribution is -0.140. The van der Waals surface area contributed by atoms with Gasteiger partial charge in [-0.3, -0.25) is 9.79 Å². The second kappa shape index (κ2) is 10.7. The Morgan fingerprint density at radius 2 is 1.83 bits per heavy atom. The number of aliphatic imine (C=N–C) groups is 1. The van der Waals surface area contributed by atoms with E-state index in [0.29, 0.717) is 6.42 Å². The normalized spacial score (nSPS) is 11.9. The van der Waals surface area contributed by atoms with Gasteiger partial charge in [-0.15, -0.1) is 0 Å². The summed E-state index contributed by atoms with van der Waals surface area (Å²) in [6.07, 6.45) is 3.35. The zero-order valence-electron chi connectivity index (χ0n) is 15.4. The van der Waals surface area contributed by atoms with Crippen LogP contribution in [-0.2, 0) is 14.9 Å². The topological polar surface area (TPSA) is 62.7 Å². The van der Waals surface area contributed by atoms with Gasteiger partial charge in [0, 0.05) is 32.0 Å². The molecule has 0 atom stereocenters. The molecule has 1 aromatic carbocycles. The standard InChI is InChI=1S/C19H31N3O2/c1-19(2,16-11-7-5-8-12-16)15-22-18(20-3)21-14-10-6-9-13-17(23)24-4/h5,7-8,11-12H,6,9-10,13-15H2,1-4H3,(H2,20,21,22). The minimum atomic E-state index is -0.136. The molecule has 0 saturated carbocycles. The van der Waals surface area contributed by atoms with Gasteiger partial charge in [0.1, 0.15) is 0 Å². The average Bonchev–Trinajstić information content (AvgIpc) is 2.60. The molecule has 1 aromatic rings. The second-order valence-electron chi connectivity index (χ2n) is 6.49. The van der Waals surface area contributed by atoms with Crippen LogP contribution in [0.5, 0.6) is 0 Å². The van der Waals surface area contributed by atoms with Crippen LogP contribution in [0, 0.1) is 0 Å². The van der Waals surface area contributed by atoms with Crippen LogP contribution in [0.15, 0.2) is 35.3 Å². The van der Waals surface area contributed by atoms with Crippen molar-refractivity contribution in [2.75, 3.05) is 27.2 Å². The molecule has 134 valence electrons. The summed E-state index contributed by atoms with van der Waals surface area (Å²) in [5, 5.41) is 6.71. The summed E-state index contributed by atoms with van der Waals surface area (Å²) >= 11 is 0. The highest BCUT2D eigenvalue weighted by molar-refractivity contribution is 5.79. The molecule has 0 heterocycles. The van der Waals surface area contributed by atoms with Gasteiger partial charge in [-0.05, 0) is 18.4 Å². The minimum Gasteiger partial charge on any atom is -0.469 e. The summed E-state index contributed by atoms with van der Waals surface area (Å²) in [7, 11) is 3.21. The van der Waals surface area contributed by atoms with Crippen molar-refractivity contribution in [2.24, 2.45) is 4.99 Å². The first kappa shape index (κ1) is 20.0. The van der Waals surface area contributed by atoms with E-state index in [4.69, 9.17) is 0 Å². The van der Waals surface area contributed by atoms with Gasteiger partial charge in [0.25, 0.3) is 0 Å². The fourth-order valence-electron chi connectivity index (χ4n) is 2.40. The maximum atomic E-state index is 11.0. The first-order valence-electron chi connectivity index (χ1n) is 8.56. The fraction of sp³-hybridized carbons (Fsp3) is 0.579. The zero-order valence-corrected chi connectivity index (χ0v) is 15.4. The number of hydrogen-bond donors (Lipinski definition) is 2. The Kier molecular flexibility index (Phi) is 8.90. The van der Waals surface area contributed by atoms with E-state index in [9.17, 15) is 4.79 Å². The van der Waals surface area contributed by atoms with Crippen LogP contribution < -0.4 is 10.6 Å². The van der Waals surface area contributed by atoms with Gasteiger partial charge in [-0.2, -0.15) is 0 Å². The molecule has 0 radical (unpaired) electrons. The third kappa shape index (κ3) is 7.49. The molecule has 0 aliphatic heterocycles. The minimum absolute atomic E-state index is 0.0272. The van der Waals surface area contributed by atoms with E-state index in [1.54, 1.807) is 7.05 Å². The highest BCUT2D eigenvalue weighted by Gasteiger charge is 2.20. The number of methoxy groups -OCH3 is 1. The summed E-state index contributed by atoms with van der Waals surface area (Å²) in [5.74, 6) is 0.676. The SMILES string of the molecule is CN=C(NCCCCCC(=O)OC)NCC(C)(C)c1ccccc1. The fourth-order valence-corrected chi connectivity index (χ4v) is 2.40. The molecule has 0 fully saturated rings. The lowest BCUT2D eigenvalue weighted by atomic mass is 9.85. The van der Waals surface area contributed by atoms with Gasteiger partial charge >= 0.3 is 5.97 Å². The van der Waals surface area contributed by atoms with Crippen molar-refractivity contribution in [3.63, 3.8) is 0 Å². The number of carbonyl (C=O) groups excluding carboxylic acids is 1. The number of ether oxygens (including phenoxy) is 1. The average molecular weight is 333 g/mol. The van der Waals surface area contributed by atoms with Crippen molar-refractivity contribution >= 4 is 11.9 Å². The van der Waals surface area contributed by atoms with Crippen LogP contribution in [0.2, 0.25) is 0 Å². The molecular weight excluding hydrogens is 302 g/mol. The molecule has 0 aliphatic rings. The maximum Gasteiger partial charge on any atom is 0.305 e. The van der Waals surface area contributed by atoms with Gasteiger partial charge in [0.05, 0.1) is 7.11 Å². The zero-order chi connectivity index (χ0) is 17.8. The van der Waals surface area contributed by atoms with Crippen LogP contribution in [0.4, 0.5) is 0 Å². The number of benzene rings is 1. The van der Waals surface area contributed by atoms with E-state index in [2.05, 4.69) is 58.5 Å². The number of rotatable bonds is 9. The van der Waals surface area contributed by atoms with Crippen LogP contribution in [0.1, 0.15) is 45.1 Å². The number of hydrogen-bond acceptors (Lipinski definition) is 3. The molecule has 0 spiro atoms. The third-order valence-electron chi connectivity index (χ3n) is 4.05. The number of nitrogens with zero attached hydrogens (tertiary/aromatic N) is 1. The molecule has 0 unspecified atom stereocenters. The van der Waals surface area contributed by atoms with E-state index >= 15 is 0 Å². The lowest BCUT2D eigenvalue weighted by Crippen LogP contribution is -2.43. The molecule has 0 amide bonds. The summed E-state index contributed by atoms with van der Waals surface area (Å²) in [6, 6.07) is 10.5. The van der Waals surface area contributed by atoms with Crippen LogP contribution in [0.25, 0.3) is 0 Å². The van der Waals surface area contributed by atoms with Crippen LogP contribution >= 0.6 is 0 Å². The van der Waals surface area contributed by atoms with Crippen molar-refractivity contribution < 1.29 is 9.53 Å². The first-order chi connectivity index (χ1) is 11.5. The Morgan fingerprint density at radius 1 is 1.12 bits per heavy atom. The largest absolute Gasteiger partial charge is 0.469 e. The summed E-state index contributed by atoms with van der Waals surface area (Å²) in [5.41, 5.74) is 1.33. The highest BCUT2D eigenvalue weighted by Crippen LogP contribution is 2.21. The van der Waals surface area contributed by atoms with Crippen molar-refractivity contribution in [1.29, 1.82) is 0 Å². The molecule has 5 heteroatoms. The molecule has 1 rings (SSSR count). The number of guanidine groups is 1. The molecule has 5 nitrogen and oxygen atoms in total. The van der Waals surface area contributed by atoms with Gasteiger partial charge in [-0.25, -0.2) is 0 Å². The van der Waals surface area contributed by atoms with E-state index < -0.39 is 0 Å². The molecule has 0 aromatic heterocycles. The predicted octanol–water partition coefficient (Wildman–Crippen LogP) is 2.86. The molecule has 0 saturated heterocycles. The molecule has 2 N–H and O–H groups in total. The van der Waals surface area contributed by atoms with Gasteiger partial charge in [0.2, 0.25) is 0 Å². The van der Waals surface area contributed by atoms with Gasteiger partial charge in [0.15, 0.2) is 5.96 Å². The monoisotopic (exact) mass is 333 g/mol. The third-order valence-corrected chi connectivity index (χ3v) is 4.05. The molecular formula is C19H31N3O2. The number of unbranched alkanes of at least 4 members (excludes halogenated alkanes) is 2. The maximum absolute atomic E-state index is 11.0. The quantitative estimate of drug-likeness (QED) is 0.316. The molecule has 0 aliphatic carbocycles. The summed E-state index contributed by atoms with van der Waals surface area (Å²) < 4.78 is 4.63. The van der Waals surface area contributed by atoms with Crippen molar-refractivity contribution in [3.8, 4) is 0 Å². The van der Waals surface area contributed by atoms with Crippen LogP contribution in [0.3, 0.4) is 0 Å². The summed E-state index contributed by atoms with van der Waals surface area (Å²) in [6.45, 7) is 6.08. The number of nitrogens with one attached hydrogen (secondary N) is 2. The first-order valence-corrected chi connectivity index (χ1v) is 8.56. The highest BCUT2D eigenvalue weighted by atomic mass is 16.5. The Bertz CT molecular complexity index is 513. The lowest BCUT2D eigenvalue weighted by Gasteiger charge is -2.26. The van der Waals surface area contributed by atoms with E-state index in [-0.39, 0.29) is 11.4 Å². The van der Waals surface area contributed by atoms with E-state index in [1.807, 2.05) is 6.07 Å². The second-order valence-corrected chi connectivity index (χ2v) is 6.49. The Labute approximate surface area is 145 Å². The molecule has 24 heavy (non-hydrogen) atoms. The van der Waals surface area contributed by atoms with E-state index in [1.165, 1.54) is 12.7 Å². The summed E-state index contributed by atoms with van der Waals surface area (Å²) in [4.78, 5) is 15.3. The van der Waals surface area contributed by atoms with Crippen LogP contribution in [-0.4, -0.2) is 39.2 Å².